The van der Waals surface area contributed by atoms with Crippen LogP contribution in [0.25, 0.3) is 0 Å². The van der Waals surface area contributed by atoms with Crippen molar-refractivity contribution in [1.29, 1.82) is 0 Å². The summed E-state index contributed by atoms with van der Waals surface area (Å²) in [4.78, 5) is 0. The van der Waals surface area contributed by atoms with E-state index in [1.165, 1.54) is 0 Å². The molecule has 15 heavy (non-hydrogen) atoms. The lowest BCUT2D eigenvalue weighted by molar-refractivity contribution is -0.0390. The Morgan fingerprint density at radius 2 is 1.93 bits per heavy atom. The molecule has 3 N–H and O–H groups in total. The molecule has 1 fully saturated rings. The molecule has 1 rings (SSSR count). The van der Waals surface area contributed by atoms with Crippen LogP contribution in [0.5, 0.6) is 0 Å². The quantitative estimate of drug-likeness (QED) is 0.744. The Hall–Kier alpha value is -0.130. The fourth-order valence-electron chi connectivity index (χ4n) is 2.47. The number of aliphatic hydroxyl groups is 1. The second kappa shape index (κ2) is 4.03. The first-order valence-corrected chi connectivity index (χ1v) is 7.32. The van der Waals surface area contributed by atoms with Crippen LogP contribution in [0.1, 0.15) is 39.5 Å². The van der Waals surface area contributed by atoms with Crippen molar-refractivity contribution in [3.05, 3.63) is 0 Å². The van der Waals surface area contributed by atoms with Gasteiger partial charge in [-0.15, -0.1) is 0 Å². The maximum atomic E-state index is 11.6. The van der Waals surface area contributed by atoms with Crippen LogP contribution in [-0.4, -0.2) is 36.2 Å². The first-order valence-electron chi connectivity index (χ1n) is 5.50. The van der Waals surface area contributed by atoms with E-state index in [-0.39, 0.29) is 11.5 Å². The van der Waals surface area contributed by atoms with Crippen molar-refractivity contribution in [2.45, 2.75) is 50.7 Å². The predicted molar refractivity (Wildman–Crippen MR) is 60.3 cm³/mol. The molecule has 0 saturated carbocycles. The molecule has 0 aromatic carbocycles. The molecule has 1 unspecified atom stereocenters. The van der Waals surface area contributed by atoms with Gasteiger partial charge in [0.15, 0.2) is 9.84 Å². The molecule has 0 amide bonds. The zero-order valence-corrected chi connectivity index (χ0v) is 10.3. The van der Waals surface area contributed by atoms with Crippen molar-refractivity contribution in [3.8, 4) is 0 Å². The van der Waals surface area contributed by atoms with Crippen molar-refractivity contribution in [1.82, 2.24) is 0 Å². The van der Waals surface area contributed by atoms with Crippen LogP contribution in [0.15, 0.2) is 0 Å². The number of rotatable bonds is 3. The van der Waals surface area contributed by atoms with E-state index in [0.29, 0.717) is 25.7 Å². The molecule has 0 aromatic rings. The molecular formula is C10H21NO3S. The van der Waals surface area contributed by atoms with Crippen LogP contribution in [0.4, 0.5) is 0 Å². The molecular weight excluding hydrogens is 214 g/mol. The van der Waals surface area contributed by atoms with E-state index in [4.69, 9.17) is 5.73 Å². The molecule has 0 aromatic heterocycles. The molecule has 1 heterocycles. The van der Waals surface area contributed by atoms with Gasteiger partial charge in [0.2, 0.25) is 0 Å². The third-order valence-electron chi connectivity index (χ3n) is 3.65. The SMILES string of the molecule is CCC(O)(CC)C1(N)CCCS(=O)(=O)C1. The summed E-state index contributed by atoms with van der Waals surface area (Å²) < 4.78 is 23.1. The van der Waals surface area contributed by atoms with Gasteiger partial charge in [-0.25, -0.2) is 8.42 Å². The van der Waals surface area contributed by atoms with Crippen LogP contribution in [-0.2, 0) is 9.84 Å². The van der Waals surface area contributed by atoms with Gasteiger partial charge >= 0.3 is 0 Å². The van der Waals surface area contributed by atoms with Crippen LogP contribution >= 0.6 is 0 Å². The van der Waals surface area contributed by atoms with E-state index in [2.05, 4.69) is 0 Å². The van der Waals surface area contributed by atoms with Crippen molar-refractivity contribution < 1.29 is 13.5 Å². The van der Waals surface area contributed by atoms with Crippen molar-refractivity contribution in [2.75, 3.05) is 11.5 Å². The summed E-state index contributed by atoms with van der Waals surface area (Å²) in [6.45, 7) is 3.69. The van der Waals surface area contributed by atoms with Gasteiger partial charge in [0.05, 0.1) is 22.6 Å². The smallest absolute Gasteiger partial charge is 0.152 e. The fourth-order valence-corrected chi connectivity index (χ4v) is 4.39. The lowest BCUT2D eigenvalue weighted by Crippen LogP contribution is -2.65. The number of sulfone groups is 1. The summed E-state index contributed by atoms with van der Waals surface area (Å²) in [5.74, 6) is 0.119. The highest BCUT2D eigenvalue weighted by Gasteiger charge is 2.49. The Kier molecular flexibility index (Phi) is 3.48. The minimum Gasteiger partial charge on any atom is -0.388 e. The van der Waals surface area contributed by atoms with Gasteiger partial charge in [0.1, 0.15) is 0 Å². The lowest BCUT2D eigenvalue weighted by atomic mass is 9.75. The summed E-state index contributed by atoms with van der Waals surface area (Å²) in [5.41, 5.74) is 4.09. The van der Waals surface area contributed by atoms with E-state index in [9.17, 15) is 13.5 Å². The Labute approximate surface area is 91.8 Å². The Bertz CT molecular complexity index is 322. The molecule has 0 aliphatic carbocycles. The maximum Gasteiger partial charge on any atom is 0.152 e. The van der Waals surface area contributed by atoms with Gasteiger partial charge in [0.25, 0.3) is 0 Å². The second-order valence-electron chi connectivity index (χ2n) is 4.59. The normalized spacial score (nSPS) is 31.5. The standard InChI is InChI=1S/C10H21NO3S/c1-3-10(12,4-2)9(11)6-5-7-15(13,14)8-9/h12H,3-8,11H2,1-2H3. The van der Waals surface area contributed by atoms with Gasteiger partial charge in [-0.05, 0) is 25.7 Å². The fraction of sp³-hybridized carbons (Fsp3) is 1.00. The number of hydrogen-bond acceptors (Lipinski definition) is 4. The van der Waals surface area contributed by atoms with Gasteiger partial charge in [-0.1, -0.05) is 13.8 Å². The maximum absolute atomic E-state index is 11.6. The molecule has 4 nitrogen and oxygen atoms in total. The van der Waals surface area contributed by atoms with Crippen LogP contribution in [0.2, 0.25) is 0 Å². The summed E-state index contributed by atoms with van der Waals surface area (Å²) in [7, 11) is -3.08. The molecule has 0 bridgehead atoms. The molecule has 1 aliphatic rings. The van der Waals surface area contributed by atoms with Crippen LogP contribution in [0.3, 0.4) is 0 Å². The van der Waals surface area contributed by atoms with Crippen molar-refractivity contribution in [3.63, 3.8) is 0 Å². The minimum absolute atomic E-state index is 0.0851. The van der Waals surface area contributed by atoms with E-state index >= 15 is 0 Å². The molecule has 0 spiro atoms. The van der Waals surface area contributed by atoms with Crippen molar-refractivity contribution >= 4 is 9.84 Å². The van der Waals surface area contributed by atoms with E-state index < -0.39 is 21.0 Å². The van der Waals surface area contributed by atoms with Crippen LogP contribution in [0, 0.1) is 0 Å². The zero-order chi connectivity index (χ0) is 11.7. The number of hydrogen-bond donors (Lipinski definition) is 2. The topological polar surface area (TPSA) is 80.4 Å². The summed E-state index contributed by atoms with van der Waals surface area (Å²) in [6.07, 6.45) is 2.14. The van der Waals surface area contributed by atoms with E-state index in [1.807, 2.05) is 13.8 Å². The Morgan fingerprint density at radius 1 is 1.40 bits per heavy atom. The molecule has 1 atom stereocenters. The average Bonchev–Trinajstić information content (AvgIpc) is 2.14. The zero-order valence-electron chi connectivity index (χ0n) is 9.49. The minimum atomic E-state index is -3.08. The third-order valence-corrected chi connectivity index (χ3v) is 5.52. The van der Waals surface area contributed by atoms with Gasteiger partial charge in [-0.3, -0.25) is 0 Å². The lowest BCUT2D eigenvalue weighted by Gasteiger charge is -2.46. The molecule has 0 radical (unpaired) electrons. The predicted octanol–water partition coefficient (Wildman–Crippen LogP) is 0.444. The Balaban J connectivity index is 3.00. The largest absolute Gasteiger partial charge is 0.388 e. The average molecular weight is 235 g/mol. The van der Waals surface area contributed by atoms with E-state index in [0.717, 1.165) is 0 Å². The molecule has 1 aliphatic heterocycles. The third kappa shape index (κ3) is 2.34. The molecule has 5 heteroatoms. The first kappa shape index (κ1) is 12.9. The number of nitrogens with two attached hydrogens (primary N) is 1. The van der Waals surface area contributed by atoms with Gasteiger partial charge < -0.3 is 10.8 Å². The summed E-state index contributed by atoms with van der Waals surface area (Å²) in [6, 6.07) is 0. The summed E-state index contributed by atoms with van der Waals surface area (Å²) >= 11 is 0. The highest BCUT2D eigenvalue weighted by Crippen LogP contribution is 2.35. The highest BCUT2D eigenvalue weighted by atomic mass is 32.2. The second-order valence-corrected chi connectivity index (χ2v) is 6.77. The highest BCUT2D eigenvalue weighted by molar-refractivity contribution is 7.91. The van der Waals surface area contributed by atoms with E-state index in [1.54, 1.807) is 0 Å². The van der Waals surface area contributed by atoms with Crippen LogP contribution < -0.4 is 5.73 Å². The van der Waals surface area contributed by atoms with Gasteiger partial charge in [-0.2, -0.15) is 0 Å². The van der Waals surface area contributed by atoms with Crippen molar-refractivity contribution in [2.24, 2.45) is 5.73 Å². The molecule has 90 valence electrons. The Morgan fingerprint density at radius 3 is 2.33 bits per heavy atom. The molecule has 1 saturated heterocycles. The monoisotopic (exact) mass is 235 g/mol. The van der Waals surface area contributed by atoms with Gasteiger partial charge in [0, 0.05) is 0 Å². The first-order chi connectivity index (χ1) is 6.79. The summed E-state index contributed by atoms with van der Waals surface area (Å²) in [5, 5.41) is 10.4.